The first-order valence-electron chi connectivity index (χ1n) is 33.0. The highest BCUT2D eigenvalue weighted by atomic mass is 16.2. The Morgan fingerprint density at radius 1 is 0.468 bits per heavy atom. The SMILES string of the molecule is CB(O)C1CCC(C(C)(C)C)CC1.CB(O)N1CCC(C(C)(C)C)C1.CB(O)N1CCCC(C(C)(C)C)C1.CB(O)NC1(C)CCC(C(C)(C)C)CC1.CN1CC2(CC(C(C)(C)C)C2)C1.CN1CCC2CCN(C(C)(C)C)CC21. The summed E-state index contributed by atoms with van der Waals surface area (Å²) in [6.45, 7) is 62.3. The van der Waals surface area contributed by atoms with Crippen molar-refractivity contribution in [3.63, 3.8) is 0 Å². The zero-order chi connectivity index (χ0) is 60.5. The molecule has 5 heterocycles. The van der Waals surface area contributed by atoms with Crippen LogP contribution in [0.3, 0.4) is 0 Å². The lowest BCUT2D eigenvalue weighted by atomic mass is 9.52. The predicted octanol–water partition coefficient (Wildman–Crippen LogP) is 13.4. The Balaban J connectivity index is 0.000000250. The van der Waals surface area contributed by atoms with E-state index in [1.807, 2.05) is 20.5 Å². The highest BCUT2D eigenvalue weighted by Gasteiger charge is 2.53. The number of likely N-dealkylation sites (tertiary alicyclic amines) is 3. The van der Waals surface area contributed by atoms with Gasteiger partial charge in [-0.1, -0.05) is 136 Å². The van der Waals surface area contributed by atoms with E-state index in [2.05, 4.69) is 175 Å². The molecule has 0 aromatic carbocycles. The summed E-state index contributed by atoms with van der Waals surface area (Å²) >= 11 is 0. The maximum Gasteiger partial charge on any atom is 0.376 e. The third-order valence-electron chi connectivity index (χ3n) is 21.6. The van der Waals surface area contributed by atoms with E-state index in [0.29, 0.717) is 38.4 Å². The van der Waals surface area contributed by atoms with Crippen LogP contribution in [0.15, 0.2) is 0 Å². The molecule has 8 aliphatic rings. The van der Waals surface area contributed by atoms with Gasteiger partial charge in [0.1, 0.15) is 0 Å². The van der Waals surface area contributed by atoms with Crippen molar-refractivity contribution in [2.45, 2.75) is 278 Å². The van der Waals surface area contributed by atoms with Gasteiger partial charge in [0.25, 0.3) is 6.92 Å². The van der Waals surface area contributed by atoms with Crippen LogP contribution < -0.4 is 5.23 Å². The van der Waals surface area contributed by atoms with Gasteiger partial charge in [0.15, 0.2) is 0 Å². The smallest absolute Gasteiger partial charge is 0.376 e. The average Bonchev–Trinajstić information content (AvgIpc) is 3.95. The topological polar surface area (TPSA) is 109 Å². The molecule has 0 aromatic heterocycles. The molecule has 0 radical (unpaired) electrons. The summed E-state index contributed by atoms with van der Waals surface area (Å²) in [5.41, 5.74) is 3.50. The maximum absolute atomic E-state index is 9.49. The van der Waals surface area contributed by atoms with Crippen LogP contribution in [0.2, 0.25) is 33.1 Å². The Kier molecular flexibility index (Phi) is 27.7. The molecule has 5 aliphatic heterocycles. The lowest BCUT2D eigenvalue weighted by molar-refractivity contribution is -0.112. The molecule has 4 atom stereocenters. The van der Waals surface area contributed by atoms with Crippen molar-refractivity contribution < 1.29 is 20.1 Å². The molecule has 0 bridgehead atoms. The van der Waals surface area contributed by atoms with Gasteiger partial charge >= 0.3 is 21.2 Å². The van der Waals surface area contributed by atoms with Crippen molar-refractivity contribution in [3.05, 3.63) is 0 Å². The van der Waals surface area contributed by atoms with Gasteiger partial charge in [-0.2, -0.15) is 0 Å². The highest BCUT2D eigenvalue weighted by Crippen LogP contribution is 2.57. The summed E-state index contributed by atoms with van der Waals surface area (Å²) in [6, 6.07) is 0.836. The summed E-state index contributed by atoms with van der Waals surface area (Å²) < 4.78 is 0. The fourth-order valence-electron chi connectivity index (χ4n) is 15.0. The van der Waals surface area contributed by atoms with Crippen molar-refractivity contribution >= 4 is 28.1 Å². The predicted molar refractivity (Wildman–Crippen MR) is 349 cm³/mol. The minimum atomic E-state index is -0.388. The summed E-state index contributed by atoms with van der Waals surface area (Å²) in [7, 11) is 3.59. The van der Waals surface area contributed by atoms with Gasteiger partial charge in [-0.05, 0) is 246 Å². The van der Waals surface area contributed by atoms with Crippen LogP contribution in [0.25, 0.3) is 0 Å². The summed E-state index contributed by atoms with van der Waals surface area (Å²) in [5.74, 6) is 5.72. The van der Waals surface area contributed by atoms with E-state index >= 15 is 0 Å². The Labute approximate surface area is 494 Å². The standard InChI is InChI=1S/C12H26BNO.C12H24N2.C11H23BO.C11H21N.C10H22BNO.C9H20BNO/c1-11(2,3)10-6-8-12(4,9-7-10)14-13(5)15;1-12(2,3)14-8-6-10-5-7-13(4)11(10)9-14;1-11(2,3)9-5-7-10(8-6-9)12(4)13;1-10(2,3)9-5-11(6-9)7-12(4)8-11;1-10(2,3)9-6-5-7-12(8-9)11(4)13;1-9(2,3)8-5-6-11(7-8)10(4)12/h10,14-15H,6-9H2,1-5H3;10-11H,5-9H2,1-4H3;9-10,13H,5-8H2,1-4H3;9H,5-8H2,1-4H3;9,13H,5-8H2,1-4H3;8,12H,5-7H2,1-4H3. The van der Waals surface area contributed by atoms with Crippen LogP contribution in [-0.4, -0.2) is 163 Å². The maximum atomic E-state index is 9.49. The summed E-state index contributed by atoms with van der Waals surface area (Å²) in [6.07, 6.45) is 19.6. The first-order valence-corrected chi connectivity index (χ1v) is 33.0. The van der Waals surface area contributed by atoms with Crippen molar-refractivity contribution in [3.8, 4) is 0 Å². The number of nitrogens with one attached hydrogen (secondary N) is 1. The van der Waals surface area contributed by atoms with E-state index in [0.717, 1.165) is 73.1 Å². The molecule has 4 unspecified atom stereocenters. The van der Waals surface area contributed by atoms with E-state index in [9.17, 15) is 20.1 Å². The minimum absolute atomic E-state index is 0.0964. The molecular formula is C65H136B4N6O4. The molecule has 10 nitrogen and oxygen atoms in total. The Morgan fingerprint density at radius 3 is 1.28 bits per heavy atom. The van der Waals surface area contributed by atoms with Crippen LogP contribution in [0.1, 0.15) is 228 Å². The Hall–Kier alpha value is -0.140. The molecule has 8 fully saturated rings. The molecule has 79 heavy (non-hydrogen) atoms. The first kappa shape index (κ1) is 73.1. The normalized spacial score (nSPS) is 30.4. The van der Waals surface area contributed by atoms with Crippen molar-refractivity contribution in [1.82, 2.24) is 29.5 Å². The van der Waals surface area contributed by atoms with Crippen LogP contribution in [0.4, 0.5) is 0 Å². The molecule has 1 spiro atoms. The number of fused-ring (bicyclic) bond motifs is 1. The number of nitrogens with zero attached hydrogens (tertiary/aromatic N) is 5. The largest absolute Gasteiger partial charge is 0.450 e. The fraction of sp³-hybridized carbons (Fsp3) is 1.00. The molecule has 5 saturated heterocycles. The third kappa shape index (κ3) is 24.3. The van der Waals surface area contributed by atoms with Crippen molar-refractivity contribution in [2.75, 3.05) is 73.0 Å². The molecule has 8 rings (SSSR count). The lowest BCUT2D eigenvalue weighted by Gasteiger charge is -2.61. The van der Waals surface area contributed by atoms with Gasteiger partial charge in [0.2, 0.25) is 0 Å². The van der Waals surface area contributed by atoms with Gasteiger partial charge < -0.3 is 44.7 Å². The molecule has 462 valence electrons. The number of piperidine rings is 2. The number of hydrogen-bond donors (Lipinski definition) is 5. The third-order valence-corrected chi connectivity index (χ3v) is 21.6. The number of likely N-dealkylation sites (N-methyl/N-ethyl adjacent to an activating group) is 1. The van der Waals surface area contributed by atoms with E-state index in [-0.39, 0.29) is 33.6 Å². The average molecular weight is 1110 g/mol. The second-order valence-corrected chi connectivity index (χ2v) is 34.7. The van der Waals surface area contributed by atoms with Crippen molar-refractivity contribution in [1.29, 1.82) is 0 Å². The zero-order valence-electron chi connectivity index (χ0n) is 57.4. The van der Waals surface area contributed by atoms with Gasteiger partial charge in [-0.25, -0.2) is 0 Å². The van der Waals surface area contributed by atoms with Crippen LogP contribution >= 0.6 is 0 Å². The van der Waals surface area contributed by atoms with Gasteiger partial charge in [0.05, 0.1) is 0 Å². The second kappa shape index (κ2) is 30.0. The number of rotatable bonds is 5. The molecule has 3 aliphatic carbocycles. The molecular weight excluding hydrogens is 972 g/mol. The van der Waals surface area contributed by atoms with Gasteiger partial charge in [-0.3, -0.25) is 4.90 Å². The first-order chi connectivity index (χ1) is 35.9. The monoisotopic (exact) mass is 1110 g/mol. The molecule has 0 amide bonds. The highest BCUT2D eigenvalue weighted by molar-refractivity contribution is 6.50. The van der Waals surface area contributed by atoms with E-state index < -0.39 is 0 Å². The number of hydrogen-bond acceptors (Lipinski definition) is 10. The second-order valence-electron chi connectivity index (χ2n) is 34.7. The molecule has 5 N–H and O–H groups in total. The summed E-state index contributed by atoms with van der Waals surface area (Å²) in [5, 5.41) is 41.0. The fourth-order valence-corrected chi connectivity index (χ4v) is 15.0. The van der Waals surface area contributed by atoms with Crippen LogP contribution in [0, 0.1) is 68.0 Å². The summed E-state index contributed by atoms with van der Waals surface area (Å²) in [4.78, 5) is 12.0. The zero-order valence-corrected chi connectivity index (χ0v) is 57.4. The van der Waals surface area contributed by atoms with Crippen LogP contribution in [-0.2, 0) is 0 Å². The van der Waals surface area contributed by atoms with E-state index in [4.69, 9.17) is 0 Å². The minimum Gasteiger partial charge on any atom is -0.450 e. The molecule has 0 aromatic rings. The van der Waals surface area contributed by atoms with Gasteiger partial charge in [0, 0.05) is 36.8 Å². The van der Waals surface area contributed by atoms with E-state index in [1.165, 1.54) is 129 Å². The van der Waals surface area contributed by atoms with Crippen molar-refractivity contribution in [2.24, 2.45) is 68.0 Å². The van der Waals surface area contributed by atoms with Gasteiger partial charge in [-0.15, -0.1) is 0 Å². The molecule has 14 heteroatoms. The van der Waals surface area contributed by atoms with E-state index in [1.54, 1.807) is 6.82 Å². The van der Waals surface area contributed by atoms with Crippen LogP contribution in [0.5, 0.6) is 0 Å². The Bertz CT molecular complexity index is 1700. The quantitative estimate of drug-likeness (QED) is 0.171. The Morgan fingerprint density at radius 2 is 0.899 bits per heavy atom. The lowest BCUT2D eigenvalue weighted by Crippen LogP contribution is -2.62. The molecule has 3 saturated carbocycles.